The summed E-state index contributed by atoms with van der Waals surface area (Å²) in [6.45, 7) is 2.23. The van der Waals surface area contributed by atoms with Crippen molar-refractivity contribution in [3.8, 4) is 0 Å². The lowest BCUT2D eigenvalue weighted by molar-refractivity contribution is 0.0697. The maximum atomic E-state index is 11.0. The molecule has 0 radical (unpaired) electrons. The largest absolute Gasteiger partial charge is 0.478 e. The average molecular weight is 259 g/mol. The second kappa shape index (κ2) is 4.87. The van der Waals surface area contributed by atoms with E-state index < -0.39 is 5.97 Å². The number of rotatable bonds is 4. The van der Waals surface area contributed by atoms with Gasteiger partial charge in [0.1, 0.15) is 0 Å². The van der Waals surface area contributed by atoms with Gasteiger partial charge in [-0.2, -0.15) is 0 Å². The minimum Gasteiger partial charge on any atom is -0.478 e. The highest BCUT2D eigenvalue weighted by Crippen LogP contribution is 2.49. The molecule has 2 aliphatic rings. The molecule has 2 fully saturated rings. The second-order valence-corrected chi connectivity index (χ2v) is 6.16. The predicted molar refractivity (Wildman–Crippen MR) is 75.4 cm³/mol. The van der Waals surface area contributed by atoms with E-state index in [9.17, 15) is 4.79 Å². The average Bonchev–Trinajstić information content (AvgIpc) is 3.01. The van der Waals surface area contributed by atoms with Crippen molar-refractivity contribution in [1.29, 1.82) is 0 Å². The van der Waals surface area contributed by atoms with Gasteiger partial charge in [-0.25, -0.2) is 4.79 Å². The zero-order valence-corrected chi connectivity index (χ0v) is 11.3. The van der Waals surface area contributed by atoms with E-state index >= 15 is 0 Å². The third-order valence-electron chi connectivity index (χ3n) is 4.94. The summed E-state index contributed by atoms with van der Waals surface area (Å²) in [6, 6.07) is 7.55. The van der Waals surface area contributed by atoms with Crippen LogP contribution in [-0.2, 0) is 0 Å². The van der Waals surface area contributed by atoms with Crippen LogP contribution in [0.25, 0.3) is 0 Å². The van der Waals surface area contributed by atoms with E-state index in [4.69, 9.17) is 5.11 Å². The lowest BCUT2D eigenvalue weighted by Crippen LogP contribution is -2.29. The van der Waals surface area contributed by atoms with E-state index in [1.807, 2.05) is 6.07 Å². The van der Waals surface area contributed by atoms with Crippen molar-refractivity contribution < 1.29 is 9.90 Å². The van der Waals surface area contributed by atoms with Gasteiger partial charge in [-0.3, -0.25) is 0 Å². The van der Waals surface area contributed by atoms with Gasteiger partial charge in [-0.15, -0.1) is 0 Å². The van der Waals surface area contributed by atoms with Gasteiger partial charge >= 0.3 is 5.97 Å². The molecule has 3 nitrogen and oxygen atoms in total. The number of nitrogens with one attached hydrogen (secondary N) is 1. The topological polar surface area (TPSA) is 49.3 Å². The van der Waals surface area contributed by atoms with Crippen molar-refractivity contribution in [3.63, 3.8) is 0 Å². The molecule has 19 heavy (non-hydrogen) atoms. The summed E-state index contributed by atoms with van der Waals surface area (Å²) >= 11 is 0. The summed E-state index contributed by atoms with van der Waals surface area (Å²) in [4.78, 5) is 11.0. The molecule has 3 heteroatoms. The Morgan fingerprint density at radius 1 is 1.37 bits per heavy atom. The molecule has 0 aliphatic heterocycles. The lowest BCUT2D eigenvalue weighted by Gasteiger charge is -2.29. The molecule has 0 spiro atoms. The van der Waals surface area contributed by atoms with E-state index in [-0.39, 0.29) is 0 Å². The zero-order chi connectivity index (χ0) is 13.4. The number of hydrogen-bond acceptors (Lipinski definition) is 2. The Hall–Kier alpha value is -1.51. The maximum absolute atomic E-state index is 11.0. The first-order valence-corrected chi connectivity index (χ1v) is 7.23. The number of benzene rings is 1. The highest BCUT2D eigenvalue weighted by molar-refractivity contribution is 5.88. The molecule has 1 aromatic rings. The first-order valence-electron chi connectivity index (χ1n) is 7.23. The number of carbonyl (C=O) groups is 1. The Balaban J connectivity index is 1.67. The van der Waals surface area contributed by atoms with Crippen LogP contribution in [0.5, 0.6) is 0 Å². The molecule has 1 aromatic carbocycles. The Morgan fingerprint density at radius 2 is 2.21 bits per heavy atom. The van der Waals surface area contributed by atoms with Gasteiger partial charge in [0, 0.05) is 11.7 Å². The van der Waals surface area contributed by atoms with Crippen molar-refractivity contribution in [3.05, 3.63) is 29.8 Å². The van der Waals surface area contributed by atoms with Crippen LogP contribution in [0.2, 0.25) is 0 Å². The lowest BCUT2D eigenvalue weighted by atomic mass is 9.84. The van der Waals surface area contributed by atoms with Crippen LogP contribution >= 0.6 is 0 Å². The summed E-state index contributed by atoms with van der Waals surface area (Å²) in [6.07, 6.45) is 5.56. The Bertz CT molecular complexity index is 485. The first-order chi connectivity index (χ1) is 9.13. The van der Waals surface area contributed by atoms with Crippen LogP contribution in [0.15, 0.2) is 24.3 Å². The minimum atomic E-state index is -0.865. The normalized spacial score (nSPS) is 30.3. The second-order valence-electron chi connectivity index (χ2n) is 6.16. The highest BCUT2D eigenvalue weighted by Gasteiger charge is 2.41. The predicted octanol–water partition coefficient (Wildman–Crippen LogP) is 3.62. The fourth-order valence-corrected chi connectivity index (χ4v) is 4.02. The molecule has 2 bridgehead atoms. The number of carboxylic acid groups (broad SMARTS) is 1. The summed E-state index contributed by atoms with van der Waals surface area (Å²) in [5.74, 6) is 1.73. The number of anilines is 1. The van der Waals surface area contributed by atoms with E-state index in [2.05, 4.69) is 12.2 Å². The molecule has 0 amide bonds. The van der Waals surface area contributed by atoms with Gasteiger partial charge in [0.05, 0.1) is 5.56 Å². The van der Waals surface area contributed by atoms with Crippen molar-refractivity contribution in [2.24, 2.45) is 17.8 Å². The molecule has 0 heterocycles. The molecule has 4 unspecified atom stereocenters. The van der Waals surface area contributed by atoms with Crippen molar-refractivity contribution >= 4 is 11.7 Å². The quantitative estimate of drug-likeness (QED) is 0.868. The van der Waals surface area contributed by atoms with Gasteiger partial charge in [0.15, 0.2) is 0 Å². The number of fused-ring (bicyclic) bond motifs is 2. The van der Waals surface area contributed by atoms with Crippen LogP contribution in [0, 0.1) is 17.8 Å². The summed E-state index contributed by atoms with van der Waals surface area (Å²) in [5.41, 5.74) is 1.28. The third kappa shape index (κ3) is 2.46. The van der Waals surface area contributed by atoms with E-state index in [1.165, 1.54) is 25.7 Å². The third-order valence-corrected chi connectivity index (χ3v) is 4.94. The van der Waals surface area contributed by atoms with Crippen LogP contribution in [-0.4, -0.2) is 17.1 Å². The van der Waals surface area contributed by atoms with E-state index in [1.54, 1.807) is 18.2 Å². The van der Waals surface area contributed by atoms with Crippen LogP contribution in [0.1, 0.15) is 43.0 Å². The Kier molecular flexibility index (Phi) is 3.21. The van der Waals surface area contributed by atoms with Gasteiger partial charge in [-0.1, -0.05) is 12.5 Å². The molecule has 4 atom stereocenters. The minimum absolute atomic E-state index is 0.352. The number of carboxylic acids is 1. The highest BCUT2D eigenvalue weighted by atomic mass is 16.4. The van der Waals surface area contributed by atoms with Gasteiger partial charge in [0.25, 0.3) is 0 Å². The Morgan fingerprint density at radius 3 is 2.84 bits per heavy atom. The van der Waals surface area contributed by atoms with E-state index in [0.29, 0.717) is 11.6 Å². The smallest absolute Gasteiger partial charge is 0.335 e. The molecule has 3 rings (SSSR count). The molecular weight excluding hydrogens is 238 g/mol. The summed E-state index contributed by atoms with van der Waals surface area (Å²) in [5, 5.41) is 12.5. The van der Waals surface area contributed by atoms with Crippen LogP contribution < -0.4 is 5.32 Å². The molecule has 2 saturated carbocycles. The standard InChI is InChI=1S/C16H21NO2/c1-10(15-8-11-5-6-12(15)7-11)17-14-4-2-3-13(9-14)16(18)19/h2-4,9-12,15,17H,5-8H2,1H3,(H,18,19). The molecule has 2 aliphatic carbocycles. The fourth-order valence-electron chi connectivity index (χ4n) is 4.02. The molecular formula is C16H21NO2. The maximum Gasteiger partial charge on any atom is 0.335 e. The fraction of sp³-hybridized carbons (Fsp3) is 0.562. The molecule has 0 saturated heterocycles. The monoisotopic (exact) mass is 259 g/mol. The molecule has 102 valence electrons. The summed E-state index contributed by atoms with van der Waals surface area (Å²) in [7, 11) is 0. The van der Waals surface area contributed by atoms with Gasteiger partial charge in [-0.05, 0) is 62.1 Å². The van der Waals surface area contributed by atoms with Crippen molar-refractivity contribution in [1.82, 2.24) is 0 Å². The number of hydrogen-bond donors (Lipinski definition) is 2. The molecule has 2 N–H and O–H groups in total. The van der Waals surface area contributed by atoms with Gasteiger partial charge < -0.3 is 10.4 Å². The first kappa shape index (κ1) is 12.5. The van der Waals surface area contributed by atoms with Crippen molar-refractivity contribution in [2.45, 2.75) is 38.6 Å². The SMILES string of the molecule is CC(Nc1cccc(C(=O)O)c1)C1CC2CCC1C2. The zero-order valence-electron chi connectivity index (χ0n) is 11.3. The molecule has 0 aromatic heterocycles. The Labute approximate surface area is 114 Å². The van der Waals surface area contributed by atoms with Crippen LogP contribution in [0.3, 0.4) is 0 Å². The summed E-state index contributed by atoms with van der Waals surface area (Å²) < 4.78 is 0. The number of aromatic carboxylic acids is 1. The van der Waals surface area contributed by atoms with E-state index in [0.717, 1.165) is 23.4 Å². The van der Waals surface area contributed by atoms with Crippen molar-refractivity contribution in [2.75, 3.05) is 5.32 Å². The van der Waals surface area contributed by atoms with Gasteiger partial charge in [0.2, 0.25) is 0 Å². The van der Waals surface area contributed by atoms with Crippen LogP contribution in [0.4, 0.5) is 5.69 Å².